The van der Waals surface area contributed by atoms with E-state index in [9.17, 15) is 8.42 Å². The summed E-state index contributed by atoms with van der Waals surface area (Å²) in [5.41, 5.74) is 7.33. The second-order valence-corrected chi connectivity index (χ2v) is 7.43. The first-order chi connectivity index (χ1) is 9.87. The summed E-state index contributed by atoms with van der Waals surface area (Å²) in [6, 6.07) is 1.26. The minimum absolute atomic E-state index is 0.241. The Morgan fingerprint density at radius 2 is 2.24 bits per heavy atom. The highest BCUT2D eigenvalue weighted by molar-refractivity contribution is 7.89. The van der Waals surface area contributed by atoms with Gasteiger partial charge in [-0.15, -0.1) is 11.3 Å². The van der Waals surface area contributed by atoms with Gasteiger partial charge in [0.15, 0.2) is 0 Å². The molecule has 0 aromatic carbocycles. The molecular formula is C13H20N4O2S2. The van der Waals surface area contributed by atoms with E-state index >= 15 is 0 Å². The zero-order chi connectivity index (χ0) is 15.6. The Bertz CT molecular complexity index is 697. The summed E-state index contributed by atoms with van der Waals surface area (Å²) in [5, 5.41) is 2.66. The van der Waals surface area contributed by atoms with Crippen molar-refractivity contribution in [1.82, 2.24) is 14.3 Å². The van der Waals surface area contributed by atoms with Gasteiger partial charge in [0.05, 0.1) is 10.9 Å². The van der Waals surface area contributed by atoms with Gasteiger partial charge in [-0.1, -0.05) is 0 Å². The van der Waals surface area contributed by atoms with Crippen LogP contribution in [0.15, 0.2) is 22.5 Å². The van der Waals surface area contributed by atoms with E-state index < -0.39 is 10.0 Å². The van der Waals surface area contributed by atoms with Gasteiger partial charge < -0.3 is 10.3 Å². The SMILES string of the molecule is CCn1cc(S(=O)(=O)NC(C)c2nc(C)cs2)cc1CN. The van der Waals surface area contributed by atoms with Crippen LogP contribution in [0.2, 0.25) is 0 Å². The molecule has 2 rings (SSSR count). The maximum absolute atomic E-state index is 12.4. The number of nitrogens with zero attached hydrogens (tertiary/aromatic N) is 2. The second-order valence-electron chi connectivity index (χ2n) is 4.83. The van der Waals surface area contributed by atoms with E-state index in [1.165, 1.54) is 11.3 Å². The Hall–Kier alpha value is -1.22. The predicted molar refractivity (Wildman–Crippen MR) is 83.6 cm³/mol. The highest BCUT2D eigenvalue weighted by atomic mass is 32.2. The van der Waals surface area contributed by atoms with Crippen molar-refractivity contribution in [2.45, 2.75) is 44.8 Å². The summed E-state index contributed by atoms with van der Waals surface area (Å²) in [7, 11) is -3.58. The van der Waals surface area contributed by atoms with Crippen molar-refractivity contribution < 1.29 is 8.42 Å². The molecule has 0 spiro atoms. The molecule has 2 aromatic heterocycles. The number of hydrogen-bond acceptors (Lipinski definition) is 5. The van der Waals surface area contributed by atoms with E-state index in [0.29, 0.717) is 13.1 Å². The fourth-order valence-electron chi connectivity index (χ4n) is 2.06. The van der Waals surface area contributed by atoms with E-state index in [1.807, 2.05) is 23.8 Å². The van der Waals surface area contributed by atoms with Gasteiger partial charge in [-0.2, -0.15) is 0 Å². The molecule has 0 aliphatic carbocycles. The van der Waals surface area contributed by atoms with Gasteiger partial charge in [-0.25, -0.2) is 18.1 Å². The van der Waals surface area contributed by atoms with Crippen molar-refractivity contribution >= 4 is 21.4 Å². The van der Waals surface area contributed by atoms with E-state index in [1.54, 1.807) is 19.2 Å². The van der Waals surface area contributed by atoms with Crippen LogP contribution in [-0.4, -0.2) is 18.0 Å². The number of thiazole rings is 1. The van der Waals surface area contributed by atoms with E-state index in [2.05, 4.69) is 9.71 Å². The third-order valence-corrected chi connectivity index (χ3v) is 5.81. The van der Waals surface area contributed by atoms with Crippen molar-refractivity contribution in [3.63, 3.8) is 0 Å². The van der Waals surface area contributed by atoms with Gasteiger partial charge >= 0.3 is 0 Å². The standard InChI is InChI=1S/C13H20N4O2S2/c1-4-17-7-12(5-11(17)6-14)21(18,19)16-10(3)13-15-9(2)8-20-13/h5,7-8,10,16H,4,6,14H2,1-3H3. The third-order valence-electron chi connectivity index (χ3n) is 3.16. The zero-order valence-electron chi connectivity index (χ0n) is 12.3. The number of nitrogens with one attached hydrogen (secondary N) is 1. The molecule has 0 aliphatic heterocycles. The number of sulfonamides is 1. The van der Waals surface area contributed by atoms with Crippen molar-refractivity contribution in [1.29, 1.82) is 0 Å². The minimum Gasteiger partial charge on any atom is -0.349 e. The third kappa shape index (κ3) is 3.52. The van der Waals surface area contributed by atoms with Gasteiger partial charge in [0.2, 0.25) is 10.0 Å². The first-order valence-corrected chi connectivity index (χ1v) is 9.07. The molecule has 8 heteroatoms. The molecular weight excluding hydrogens is 308 g/mol. The van der Waals surface area contributed by atoms with Crippen LogP contribution in [0.4, 0.5) is 0 Å². The topological polar surface area (TPSA) is 90.0 Å². The molecule has 6 nitrogen and oxygen atoms in total. The average molecular weight is 328 g/mol. The molecule has 2 aromatic rings. The monoisotopic (exact) mass is 328 g/mol. The quantitative estimate of drug-likeness (QED) is 0.845. The molecule has 0 radical (unpaired) electrons. The summed E-state index contributed by atoms with van der Waals surface area (Å²) < 4.78 is 29.4. The van der Waals surface area contributed by atoms with Gasteiger partial charge in [0, 0.05) is 36.1 Å². The normalized spacial score (nSPS) is 13.5. The number of nitrogens with two attached hydrogens (primary N) is 1. The average Bonchev–Trinajstić information content (AvgIpc) is 3.03. The molecule has 0 bridgehead atoms. The maximum atomic E-state index is 12.4. The molecule has 0 amide bonds. The first kappa shape index (κ1) is 16.2. The fraction of sp³-hybridized carbons (Fsp3) is 0.462. The van der Waals surface area contributed by atoms with Crippen molar-refractivity contribution in [2.24, 2.45) is 5.73 Å². The molecule has 3 N–H and O–H groups in total. The van der Waals surface area contributed by atoms with Gasteiger partial charge in [0.1, 0.15) is 5.01 Å². The lowest BCUT2D eigenvalue weighted by molar-refractivity contribution is 0.565. The second kappa shape index (κ2) is 6.27. The van der Waals surface area contributed by atoms with E-state index in [0.717, 1.165) is 16.4 Å². The highest BCUT2D eigenvalue weighted by Crippen LogP contribution is 2.21. The summed E-state index contributed by atoms with van der Waals surface area (Å²) in [6.07, 6.45) is 1.62. The van der Waals surface area contributed by atoms with Gasteiger partial charge in [-0.05, 0) is 26.8 Å². The lowest BCUT2D eigenvalue weighted by Gasteiger charge is -2.10. The Kier molecular flexibility index (Phi) is 4.82. The lowest BCUT2D eigenvalue weighted by Crippen LogP contribution is -2.26. The molecule has 116 valence electrons. The van der Waals surface area contributed by atoms with Gasteiger partial charge in [-0.3, -0.25) is 0 Å². The molecule has 0 aliphatic rings. The highest BCUT2D eigenvalue weighted by Gasteiger charge is 2.22. The summed E-state index contributed by atoms with van der Waals surface area (Å²) >= 11 is 1.45. The fourth-order valence-corrected chi connectivity index (χ4v) is 4.21. The van der Waals surface area contributed by atoms with Crippen LogP contribution in [0.1, 0.15) is 36.3 Å². The van der Waals surface area contributed by atoms with Crippen molar-refractivity contribution in [3.05, 3.63) is 34.0 Å². The molecule has 0 fully saturated rings. The smallest absolute Gasteiger partial charge is 0.242 e. The summed E-state index contributed by atoms with van der Waals surface area (Å²) in [6.45, 7) is 6.62. The van der Waals surface area contributed by atoms with Crippen LogP contribution in [0.25, 0.3) is 0 Å². The molecule has 0 saturated carbocycles. The number of aromatic nitrogens is 2. The number of hydrogen-bond donors (Lipinski definition) is 2. The Morgan fingerprint density at radius 1 is 1.52 bits per heavy atom. The van der Waals surface area contributed by atoms with Crippen molar-refractivity contribution in [2.75, 3.05) is 0 Å². The van der Waals surface area contributed by atoms with Crippen LogP contribution < -0.4 is 10.5 Å². The molecule has 2 heterocycles. The van der Waals surface area contributed by atoms with Crippen LogP contribution >= 0.6 is 11.3 Å². The largest absolute Gasteiger partial charge is 0.349 e. The molecule has 0 saturated heterocycles. The zero-order valence-corrected chi connectivity index (χ0v) is 14.0. The first-order valence-electron chi connectivity index (χ1n) is 6.70. The van der Waals surface area contributed by atoms with Crippen LogP contribution in [0.3, 0.4) is 0 Å². The maximum Gasteiger partial charge on any atom is 0.242 e. The predicted octanol–water partition coefficient (Wildman–Crippen LogP) is 1.77. The molecule has 1 atom stereocenters. The lowest BCUT2D eigenvalue weighted by atomic mass is 10.4. The van der Waals surface area contributed by atoms with E-state index in [-0.39, 0.29) is 10.9 Å². The summed E-state index contributed by atoms with van der Waals surface area (Å²) in [4.78, 5) is 4.55. The van der Waals surface area contributed by atoms with Gasteiger partial charge in [0.25, 0.3) is 0 Å². The Labute approximate surface area is 129 Å². The Balaban J connectivity index is 2.24. The van der Waals surface area contributed by atoms with Crippen molar-refractivity contribution in [3.8, 4) is 0 Å². The van der Waals surface area contributed by atoms with E-state index in [4.69, 9.17) is 5.73 Å². The summed E-state index contributed by atoms with van der Waals surface area (Å²) in [5.74, 6) is 0. The molecule has 21 heavy (non-hydrogen) atoms. The molecule has 1 unspecified atom stereocenters. The number of rotatable bonds is 6. The van der Waals surface area contributed by atoms with Crippen LogP contribution in [0.5, 0.6) is 0 Å². The van der Waals surface area contributed by atoms with Crippen LogP contribution in [-0.2, 0) is 23.1 Å². The minimum atomic E-state index is -3.58. The number of aryl methyl sites for hydroxylation is 2. The Morgan fingerprint density at radius 3 is 2.71 bits per heavy atom. The van der Waals surface area contributed by atoms with Crippen LogP contribution in [0, 0.1) is 6.92 Å².